The molecule has 0 spiro atoms. The van der Waals surface area contributed by atoms with Crippen molar-refractivity contribution in [1.82, 2.24) is 14.7 Å². The monoisotopic (exact) mass is 389 g/mol. The average molecular weight is 389 g/mol. The number of benzene rings is 2. The zero-order valence-corrected chi connectivity index (χ0v) is 16.7. The molecule has 0 bridgehead atoms. The lowest BCUT2D eigenvalue weighted by Crippen LogP contribution is -2.51. The summed E-state index contributed by atoms with van der Waals surface area (Å²) in [5.41, 5.74) is 3.30. The van der Waals surface area contributed by atoms with Gasteiger partial charge in [0.05, 0.1) is 6.54 Å². The smallest absolute Gasteiger partial charge is 0.253 e. The van der Waals surface area contributed by atoms with E-state index in [2.05, 4.69) is 35.2 Å². The topological polar surface area (TPSA) is 43.9 Å². The van der Waals surface area contributed by atoms with Crippen LogP contribution in [0.5, 0.6) is 0 Å². The normalized spacial score (nSPS) is 17.7. The summed E-state index contributed by atoms with van der Waals surface area (Å²) in [4.78, 5) is 31.2. The van der Waals surface area contributed by atoms with Crippen molar-refractivity contribution in [3.05, 3.63) is 77.9 Å². The highest BCUT2D eigenvalue weighted by Crippen LogP contribution is 2.22. The predicted octanol–water partition coefficient (Wildman–Crippen LogP) is 2.76. The molecule has 0 aromatic heterocycles. The summed E-state index contributed by atoms with van der Waals surface area (Å²) in [6, 6.07) is 19.8. The molecule has 2 amide bonds. The minimum Gasteiger partial charge on any atom is -0.338 e. The molecule has 0 aliphatic carbocycles. The van der Waals surface area contributed by atoms with Crippen molar-refractivity contribution in [3.8, 4) is 0 Å². The fourth-order valence-corrected chi connectivity index (χ4v) is 3.97. The van der Waals surface area contributed by atoms with Crippen molar-refractivity contribution in [1.29, 1.82) is 0 Å². The first kappa shape index (κ1) is 19.4. The fourth-order valence-electron chi connectivity index (χ4n) is 3.97. The summed E-state index contributed by atoms with van der Waals surface area (Å²) in [6.45, 7) is 4.69. The van der Waals surface area contributed by atoms with Gasteiger partial charge in [-0.25, -0.2) is 0 Å². The van der Waals surface area contributed by atoms with Crippen molar-refractivity contribution in [2.24, 2.45) is 0 Å². The number of carbonyl (C=O) groups is 2. The highest BCUT2D eigenvalue weighted by Gasteiger charge is 2.25. The fraction of sp³-hybridized carbons (Fsp3) is 0.333. The summed E-state index contributed by atoms with van der Waals surface area (Å²) in [6.07, 6.45) is 3.07. The highest BCUT2D eigenvalue weighted by molar-refractivity contribution is 5.94. The predicted molar refractivity (Wildman–Crippen MR) is 114 cm³/mol. The summed E-state index contributed by atoms with van der Waals surface area (Å²) in [5, 5.41) is 0. The molecule has 150 valence electrons. The van der Waals surface area contributed by atoms with E-state index < -0.39 is 0 Å². The van der Waals surface area contributed by atoms with Gasteiger partial charge in [0.25, 0.3) is 5.91 Å². The molecular weight excluding hydrogens is 362 g/mol. The minimum atomic E-state index is 0.0752. The number of hydrogen-bond acceptors (Lipinski definition) is 3. The Morgan fingerprint density at radius 2 is 1.41 bits per heavy atom. The number of carbonyl (C=O) groups excluding carboxylic acids is 2. The van der Waals surface area contributed by atoms with Gasteiger partial charge in [-0.2, -0.15) is 0 Å². The van der Waals surface area contributed by atoms with E-state index in [1.54, 1.807) is 0 Å². The van der Waals surface area contributed by atoms with Gasteiger partial charge in [-0.15, -0.1) is 0 Å². The lowest BCUT2D eigenvalue weighted by atomic mass is 9.99. The van der Waals surface area contributed by atoms with Crippen LogP contribution in [0.25, 0.3) is 5.57 Å². The van der Waals surface area contributed by atoms with Crippen LogP contribution in [-0.2, 0) is 4.79 Å². The molecule has 0 radical (unpaired) electrons. The van der Waals surface area contributed by atoms with Crippen molar-refractivity contribution < 1.29 is 9.59 Å². The first-order valence-electron chi connectivity index (χ1n) is 10.3. The van der Waals surface area contributed by atoms with E-state index in [9.17, 15) is 9.59 Å². The van der Waals surface area contributed by atoms with Gasteiger partial charge >= 0.3 is 0 Å². The Morgan fingerprint density at radius 1 is 0.759 bits per heavy atom. The maximum atomic E-state index is 12.7. The Morgan fingerprint density at radius 3 is 2.03 bits per heavy atom. The number of hydrogen-bond donors (Lipinski definition) is 0. The zero-order chi connectivity index (χ0) is 20.1. The van der Waals surface area contributed by atoms with Gasteiger partial charge in [0.2, 0.25) is 5.91 Å². The molecule has 2 heterocycles. The molecule has 0 N–H and O–H groups in total. The van der Waals surface area contributed by atoms with E-state index >= 15 is 0 Å². The third-order valence-electron chi connectivity index (χ3n) is 5.75. The van der Waals surface area contributed by atoms with Gasteiger partial charge in [0.15, 0.2) is 0 Å². The molecule has 0 saturated carbocycles. The second-order valence-corrected chi connectivity index (χ2v) is 7.62. The second-order valence-electron chi connectivity index (χ2n) is 7.62. The van der Waals surface area contributed by atoms with Crippen LogP contribution in [0.3, 0.4) is 0 Å². The molecule has 1 saturated heterocycles. The van der Waals surface area contributed by atoms with E-state index in [-0.39, 0.29) is 11.8 Å². The highest BCUT2D eigenvalue weighted by atomic mass is 16.2. The number of nitrogens with zero attached hydrogens (tertiary/aromatic N) is 3. The number of rotatable bonds is 4. The zero-order valence-electron chi connectivity index (χ0n) is 16.7. The van der Waals surface area contributed by atoms with Crippen molar-refractivity contribution >= 4 is 17.4 Å². The average Bonchev–Trinajstić information content (AvgIpc) is 2.80. The molecule has 0 unspecified atom stereocenters. The maximum absolute atomic E-state index is 12.7. The van der Waals surface area contributed by atoms with E-state index in [4.69, 9.17) is 0 Å². The quantitative estimate of drug-likeness (QED) is 0.808. The van der Waals surface area contributed by atoms with E-state index in [1.807, 2.05) is 46.2 Å². The van der Waals surface area contributed by atoms with Crippen LogP contribution in [-0.4, -0.2) is 72.3 Å². The van der Waals surface area contributed by atoms with E-state index in [1.165, 1.54) is 11.1 Å². The van der Waals surface area contributed by atoms with Crippen LogP contribution in [0.4, 0.5) is 0 Å². The summed E-state index contributed by atoms with van der Waals surface area (Å²) in [7, 11) is 0. The molecule has 5 nitrogen and oxygen atoms in total. The first-order chi connectivity index (χ1) is 14.2. The SMILES string of the molecule is O=C(CN1CCN(C(=O)c2ccccc2)CC1)N1CC=C(c2ccccc2)CC1. The lowest BCUT2D eigenvalue weighted by molar-refractivity contribution is -0.132. The van der Waals surface area contributed by atoms with Gasteiger partial charge < -0.3 is 9.80 Å². The third-order valence-corrected chi connectivity index (χ3v) is 5.75. The lowest BCUT2D eigenvalue weighted by Gasteiger charge is -2.36. The Balaban J connectivity index is 1.25. The Kier molecular flexibility index (Phi) is 6.06. The van der Waals surface area contributed by atoms with Crippen LogP contribution in [0.2, 0.25) is 0 Å². The molecule has 5 heteroatoms. The van der Waals surface area contributed by atoms with Gasteiger partial charge in [-0.3, -0.25) is 14.5 Å². The van der Waals surface area contributed by atoms with Crippen molar-refractivity contribution in [2.45, 2.75) is 6.42 Å². The van der Waals surface area contributed by atoms with Crippen LogP contribution in [0.1, 0.15) is 22.3 Å². The van der Waals surface area contributed by atoms with Crippen LogP contribution in [0, 0.1) is 0 Å². The first-order valence-corrected chi connectivity index (χ1v) is 10.3. The molecule has 2 aromatic carbocycles. The minimum absolute atomic E-state index is 0.0752. The van der Waals surface area contributed by atoms with Gasteiger partial charge in [-0.05, 0) is 29.7 Å². The molecule has 29 heavy (non-hydrogen) atoms. The van der Waals surface area contributed by atoms with Crippen LogP contribution >= 0.6 is 0 Å². The summed E-state index contributed by atoms with van der Waals surface area (Å²) in [5.74, 6) is 0.252. The molecule has 1 fully saturated rings. The number of amides is 2. The Labute approximate surface area is 172 Å². The van der Waals surface area contributed by atoms with E-state index in [0.29, 0.717) is 26.2 Å². The molecule has 2 aliphatic heterocycles. The standard InChI is InChI=1S/C24H27N3O2/c28-23(26-13-11-21(12-14-26)20-7-3-1-4-8-20)19-25-15-17-27(18-16-25)24(29)22-9-5-2-6-10-22/h1-11H,12-19H2. The molecule has 2 aliphatic rings. The molecular formula is C24H27N3O2. The Bertz CT molecular complexity index is 872. The maximum Gasteiger partial charge on any atom is 0.253 e. The largest absolute Gasteiger partial charge is 0.338 e. The van der Waals surface area contributed by atoms with Gasteiger partial charge in [-0.1, -0.05) is 54.6 Å². The third kappa shape index (κ3) is 4.74. The molecule has 4 rings (SSSR count). The van der Waals surface area contributed by atoms with Crippen LogP contribution in [0.15, 0.2) is 66.7 Å². The molecule has 2 aromatic rings. The van der Waals surface area contributed by atoms with Crippen LogP contribution < -0.4 is 0 Å². The summed E-state index contributed by atoms with van der Waals surface area (Å²) >= 11 is 0. The van der Waals surface area contributed by atoms with Gasteiger partial charge in [0.1, 0.15) is 0 Å². The summed E-state index contributed by atoms with van der Waals surface area (Å²) < 4.78 is 0. The van der Waals surface area contributed by atoms with Crippen molar-refractivity contribution in [2.75, 3.05) is 45.8 Å². The second kappa shape index (κ2) is 9.05. The number of piperazine rings is 1. The molecule has 0 atom stereocenters. The van der Waals surface area contributed by atoms with E-state index in [0.717, 1.165) is 31.6 Å². The van der Waals surface area contributed by atoms with Crippen molar-refractivity contribution in [3.63, 3.8) is 0 Å². The Hall–Kier alpha value is -2.92. The van der Waals surface area contributed by atoms with Gasteiger partial charge in [0, 0.05) is 44.8 Å².